The molecular formula is C16H15PS2. The number of hydrogen-bond acceptors (Lipinski definition) is 1. The predicted molar refractivity (Wildman–Crippen MR) is 95.6 cm³/mol. The Hall–Kier alpha value is -1.08. The molecule has 0 atom stereocenters. The van der Waals surface area contributed by atoms with Crippen LogP contribution in [0.2, 0.25) is 0 Å². The second-order valence-electron chi connectivity index (χ2n) is 4.17. The normalized spacial score (nSPS) is 11.0. The lowest BCUT2D eigenvalue weighted by atomic mass is 10.2. The zero-order valence-corrected chi connectivity index (χ0v) is 13.1. The highest BCUT2D eigenvalue weighted by molar-refractivity contribution is 8.68. The molecule has 0 amide bonds. The van der Waals surface area contributed by atoms with Crippen molar-refractivity contribution in [1.29, 1.82) is 0 Å². The van der Waals surface area contributed by atoms with Crippen LogP contribution < -0.4 is 10.6 Å². The van der Waals surface area contributed by atoms with E-state index in [9.17, 15) is 0 Å². The van der Waals surface area contributed by atoms with E-state index in [-0.39, 0.29) is 0 Å². The molecule has 2 aromatic rings. The van der Waals surface area contributed by atoms with Crippen molar-refractivity contribution in [3.8, 4) is 0 Å². The molecule has 0 spiro atoms. The minimum Gasteiger partial charge on any atom is -0.133 e. The van der Waals surface area contributed by atoms with E-state index in [4.69, 9.17) is 24.1 Å². The maximum atomic E-state index is 5.76. The fourth-order valence-corrected chi connectivity index (χ4v) is 4.71. The standard InChI is InChI=1S/C16H15PS2/c1-3-13-5-9-15(10-6-13)17(18,19)16-11-7-14(4-2)8-12-16/h3-12H,1-2H2,(H,18,19). The van der Waals surface area contributed by atoms with Gasteiger partial charge in [0.05, 0.1) is 5.24 Å². The highest BCUT2D eigenvalue weighted by atomic mass is 32.9. The molecule has 0 saturated carbocycles. The van der Waals surface area contributed by atoms with Gasteiger partial charge in [-0.25, -0.2) is 0 Å². The third kappa shape index (κ3) is 3.09. The van der Waals surface area contributed by atoms with Crippen molar-refractivity contribution in [1.82, 2.24) is 0 Å². The topological polar surface area (TPSA) is 0 Å². The number of rotatable bonds is 4. The van der Waals surface area contributed by atoms with Gasteiger partial charge in [-0.2, -0.15) is 0 Å². The molecule has 0 nitrogen and oxygen atoms in total. The summed E-state index contributed by atoms with van der Waals surface area (Å²) in [6.45, 7) is 7.51. The van der Waals surface area contributed by atoms with Gasteiger partial charge in [-0.15, -0.1) is 12.2 Å². The first-order valence-electron chi connectivity index (χ1n) is 5.87. The summed E-state index contributed by atoms with van der Waals surface area (Å²) in [7, 11) is 0. The quantitative estimate of drug-likeness (QED) is 0.651. The Labute approximate surface area is 125 Å². The molecule has 0 radical (unpaired) electrons. The lowest BCUT2D eigenvalue weighted by molar-refractivity contribution is 1.70. The Kier molecular flexibility index (Phi) is 4.46. The van der Waals surface area contributed by atoms with Crippen LogP contribution >= 0.6 is 17.5 Å². The van der Waals surface area contributed by atoms with Gasteiger partial charge in [0.15, 0.2) is 0 Å². The van der Waals surface area contributed by atoms with E-state index < -0.39 is 5.24 Å². The van der Waals surface area contributed by atoms with Crippen molar-refractivity contribution in [3.63, 3.8) is 0 Å². The molecule has 0 aliphatic heterocycles. The van der Waals surface area contributed by atoms with Gasteiger partial charge < -0.3 is 0 Å². The summed E-state index contributed by atoms with van der Waals surface area (Å²) in [5.74, 6) is 0. The molecule has 0 saturated heterocycles. The van der Waals surface area contributed by atoms with Gasteiger partial charge in [0.2, 0.25) is 0 Å². The number of thiol groups is 1. The summed E-state index contributed by atoms with van der Waals surface area (Å²) in [6.07, 6.45) is 3.65. The van der Waals surface area contributed by atoms with Crippen LogP contribution in [0.4, 0.5) is 0 Å². The highest BCUT2D eigenvalue weighted by Crippen LogP contribution is 2.48. The first-order valence-corrected chi connectivity index (χ1v) is 9.82. The Balaban J connectivity index is 2.41. The van der Waals surface area contributed by atoms with Crippen molar-refractivity contribution in [2.75, 3.05) is 0 Å². The van der Waals surface area contributed by atoms with Crippen LogP contribution in [0.5, 0.6) is 0 Å². The van der Waals surface area contributed by atoms with E-state index in [0.717, 1.165) is 21.7 Å². The largest absolute Gasteiger partial charge is 0.133 e. The minimum absolute atomic E-state index is 1.09. The monoisotopic (exact) mass is 302 g/mol. The molecule has 0 N–H and O–H groups in total. The smallest absolute Gasteiger partial charge is 0.0584 e. The maximum Gasteiger partial charge on any atom is 0.0584 e. The fraction of sp³-hybridized carbons (Fsp3) is 0. The average molecular weight is 302 g/mol. The zero-order valence-electron chi connectivity index (χ0n) is 10.5. The number of hydrogen-bond donors (Lipinski definition) is 1. The minimum atomic E-state index is -2.00. The Morgan fingerprint density at radius 1 is 0.789 bits per heavy atom. The summed E-state index contributed by atoms with van der Waals surface area (Å²) >= 11 is 10.5. The molecule has 0 aromatic heterocycles. The van der Waals surface area contributed by atoms with E-state index in [1.807, 2.05) is 60.7 Å². The molecule has 96 valence electrons. The molecule has 2 aromatic carbocycles. The van der Waals surface area contributed by atoms with Crippen LogP contribution in [-0.4, -0.2) is 0 Å². The van der Waals surface area contributed by atoms with E-state index in [0.29, 0.717) is 0 Å². The molecule has 0 fully saturated rings. The highest BCUT2D eigenvalue weighted by Gasteiger charge is 2.17. The van der Waals surface area contributed by atoms with E-state index in [1.165, 1.54) is 0 Å². The molecule has 2 rings (SSSR count). The lowest BCUT2D eigenvalue weighted by Gasteiger charge is -2.17. The van der Waals surface area contributed by atoms with Crippen molar-refractivity contribution in [3.05, 3.63) is 72.8 Å². The second-order valence-corrected chi connectivity index (χ2v) is 10.6. The van der Waals surface area contributed by atoms with Crippen molar-refractivity contribution < 1.29 is 0 Å². The Bertz CT molecular complexity index is 584. The fourth-order valence-electron chi connectivity index (χ4n) is 1.77. The molecule has 0 unspecified atom stereocenters. The van der Waals surface area contributed by atoms with Crippen molar-refractivity contribution >= 4 is 52.1 Å². The molecular weight excluding hydrogens is 287 g/mol. The third-order valence-corrected chi connectivity index (χ3v) is 7.60. The molecule has 0 bridgehead atoms. The average Bonchev–Trinajstić information content (AvgIpc) is 2.47. The van der Waals surface area contributed by atoms with Crippen LogP contribution in [0.3, 0.4) is 0 Å². The van der Waals surface area contributed by atoms with Gasteiger partial charge in [0.1, 0.15) is 0 Å². The van der Waals surface area contributed by atoms with E-state index >= 15 is 0 Å². The van der Waals surface area contributed by atoms with Crippen LogP contribution in [0, 0.1) is 0 Å². The first kappa shape index (κ1) is 14.3. The molecule has 0 aliphatic carbocycles. The predicted octanol–water partition coefficient (Wildman–Crippen LogP) is 4.25. The summed E-state index contributed by atoms with van der Waals surface area (Å²) in [5, 5.41) is 0.201. The Morgan fingerprint density at radius 3 is 1.37 bits per heavy atom. The van der Waals surface area contributed by atoms with Gasteiger partial charge >= 0.3 is 0 Å². The SMILES string of the molecule is C=Cc1ccc(P(=S)(S)c2ccc(C=C)cc2)cc1. The molecule has 0 heterocycles. The van der Waals surface area contributed by atoms with Gasteiger partial charge in [-0.05, 0) is 21.7 Å². The summed E-state index contributed by atoms with van der Waals surface area (Å²) < 4.78 is 0. The third-order valence-electron chi connectivity index (χ3n) is 2.96. The van der Waals surface area contributed by atoms with Crippen LogP contribution in [0.25, 0.3) is 12.2 Å². The summed E-state index contributed by atoms with van der Waals surface area (Å²) in [6, 6.07) is 16.3. The second kappa shape index (κ2) is 5.92. The van der Waals surface area contributed by atoms with Crippen molar-refractivity contribution in [2.45, 2.75) is 0 Å². The van der Waals surface area contributed by atoms with E-state index in [1.54, 1.807) is 0 Å². The Morgan fingerprint density at radius 2 is 1.11 bits per heavy atom. The van der Waals surface area contributed by atoms with Crippen molar-refractivity contribution in [2.24, 2.45) is 0 Å². The molecule has 0 aliphatic rings. The van der Waals surface area contributed by atoms with Gasteiger partial charge in [0, 0.05) is 0 Å². The number of benzene rings is 2. The van der Waals surface area contributed by atoms with E-state index in [2.05, 4.69) is 13.2 Å². The van der Waals surface area contributed by atoms with Crippen LogP contribution in [0.1, 0.15) is 11.1 Å². The van der Waals surface area contributed by atoms with Crippen LogP contribution in [0.15, 0.2) is 61.7 Å². The molecule has 19 heavy (non-hydrogen) atoms. The zero-order chi connectivity index (χ0) is 13.9. The summed E-state index contributed by atoms with van der Waals surface area (Å²) in [5.41, 5.74) is 2.18. The lowest BCUT2D eigenvalue weighted by Crippen LogP contribution is -2.11. The van der Waals surface area contributed by atoms with Gasteiger partial charge in [-0.3, -0.25) is 0 Å². The van der Waals surface area contributed by atoms with Gasteiger partial charge in [-0.1, -0.05) is 85.6 Å². The summed E-state index contributed by atoms with van der Waals surface area (Å²) in [4.78, 5) is 0. The van der Waals surface area contributed by atoms with Crippen LogP contribution in [-0.2, 0) is 11.8 Å². The van der Waals surface area contributed by atoms with Gasteiger partial charge in [0.25, 0.3) is 0 Å². The maximum absolute atomic E-state index is 5.76. The molecule has 3 heteroatoms. The first-order chi connectivity index (χ1) is 9.07.